The van der Waals surface area contributed by atoms with Crippen LogP contribution in [-0.4, -0.2) is 25.2 Å². The summed E-state index contributed by atoms with van der Waals surface area (Å²) in [6.07, 6.45) is 6.09. The number of ether oxygens (including phenoxy) is 2. The van der Waals surface area contributed by atoms with Gasteiger partial charge in [0.05, 0.1) is 0 Å². The summed E-state index contributed by atoms with van der Waals surface area (Å²) in [5, 5.41) is 0. The van der Waals surface area contributed by atoms with Gasteiger partial charge in [-0.25, -0.2) is 4.79 Å². The Bertz CT molecular complexity index is 281. The van der Waals surface area contributed by atoms with Crippen molar-refractivity contribution in [2.45, 2.75) is 39.0 Å². The maximum atomic E-state index is 11.3. The highest BCUT2D eigenvalue weighted by molar-refractivity contribution is 5.85. The van der Waals surface area contributed by atoms with Crippen molar-refractivity contribution in [1.82, 2.24) is 0 Å². The number of hydrogen-bond acceptors (Lipinski definition) is 4. The van der Waals surface area contributed by atoms with Crippen molar-refractivity contribution in [3.8, 4) is 0 Å². The third-order valence-electron chi connectivity index (χ3n) is 2.37. The zero-order valence-corrected chi connectivity index (χ0v) is 9.66. The predicted octanol–water partition coefficient (Wildman–Crippen LogP) is 1.98. The van der Waals surface area contributed by atoms with Crippen LogP contribution in [0.15, 0.2) is 11.6 Å². The second-order valence-electron chi connectivity index (χ2n) is 3.88. The van der Waals surface area contributed by atoms with Crippen LogP contribution in [0.4, 0.5) is 0 Å². The Kier molecular flexibility index (Phi) is 5.61. The zero-order valence-electron chi connectivity index (χ0n) is 9.66. The summed E-state index contributed by atoms with van der Waals surface area (Å²) >= 11 is 0. The normalized spacial score (nSPS) is 14.6. The molecule has 4 nitrogen and oxygen atoms in total. The van der Waals surface area contributed by atoms with E-state index >= 15 is 0 Å². The molecular formula is C12H18O4. The predicted molar refractivity (Wildman–Crippen MR) is 58.8 cm³/mol. The van der Waals surface area contributed by atoms with Gasteiger partial charge in [-0.15, -0.1) is 0 Å². The largest absolute Gasteiger partial charge is 0.461 e. The topological polar surface area (TPSA) is 52.6 Å². The SMILES string of the molecule is CCCCCCC(=O)OCC1=CC(=O)OC1. The van der Waals surface area contributed by atoms with Gasteiger partial charge < -0.3 is 9.47 Å². The number of unbranched alkanes of at least 4 members (excludes halogenated alkanes) is 3. The zero-order chi connectivity index (χ0) is 11.8. The van der Waals surface area contributed by atoms with Crippen LogP contribution in [0, 0.1) is 0 Å². The molecule has 0 aromatic heterocycles. The third-order valence-corrected chi connectivity index (χ3v) is 2.37. The molecule has 0 fully saturated rings. The van der Waals surface area contributed by atoms with E-state index in [-0.39, 0.29) is 25.2 Å². The maximum absolute atomic E-state index is 11.3. The van der Waals surface area contributed by atoms with E-state index in [4.69, 9.17) is 4.74 Å². The minimum absolute atomic E-state index is 0.179. The van der Waals surface area contributed by atoms with Gasteiger partial charge in [0.2, 0.25) is 0 Å². The van der Waals surface area contributed by atoms with E-state index in [2.05, 4.69) is 11.7 Å². The fraction of sp³-hybridized carbons (Fsp3) is 0.667. The highest BCUT2D eigenvalue weighted by atomic mass is 16.5. The molecule has 0 aliphatic carbocycles. The van der Waals surface area contributed by atoms with Gasteiger partial charge in [-0.1, -0.05) is 26.2 Å². The number of esters is 2. The number of hydrogen-bond donors (Lipinski definition) is 0. The van der Waals surface area contributed by atoms with Gasteiger partial charge >= 0.3 is 11.9 Å². The van der Waals surface area contributed by atoms with Gasteiger partial charge in [-0.05, 0) is 6.42 Å². The lowest BCUT2D eigenvalue weighted by Crippen LogP contribution is -2.08. The molecule has 4 heteroatoms. The average Bonchev–Trinajstić information content (AvgIpc) is 2.68. The molecular weight excluding hydrogens is 208 g/mol. The van der Waals surface area contributed by atoms with Crippen molar-refractivity contribution in [3.05, 3.63) is 11.6 Å². The Morgan fingerprint density at radius 2 is 2.25 bits per heavy atom. The van der Waals surface area contributed by atoms with Gasteiger partial charge in [0.15, 0.2) is 0 Å². The van der Waals surface area contributed by atoms with Crippen molar-refractivity contribution in [1.29, 1.82) is 0 Å². The maximum Gasteiger partial charge on any atom is 0.331 e. The molecule has 0 atom stereocenters. The summed E-state index contributed by atoms with van der Waals surface area (Å²) in [6.45, 7) is 2.56. The first kappa shape index (κ1) is 12.7. The number of carbonyl (C=O) groups is 2. The van der Waals surface area contributed by atoms with E-state index in [1.54, 1.807) is 0 Å². The summed E-state index contributed by atoms with van der Waals surface area (Å²) in [4.78, 5) is 22.0. The highest BCUT2D eigenvalue weighted by Crippen LogP contribution is 2.08. The summed E-state index contributed by atoms with van der Waals surface area (Å²) in [5.74, 6) is -0.551. The van der Waals surface area contributed by atoms with E-state index in [9.17, 15) is 9.59 Å². The number of carbonyl (C=O) groups excluding carboxylic acids is 2. The second-order valence-corrected chi connectivity index (χ2v) is 3.88. The van der Waals surface area contributed by atoms with Crippen molar-refractivity contribution in [2.24, 2.45) is 0 Å². The van der Waals surface area contributed by atoms with Crippen LogP contribution >= 0.6 is 0 Å². The molecule has 0 saturated heterocycles. The van der Waals surface area contributed by atoms with Gasteiger partial charge in [0.25, 0.3) is 0 Å². The summed E-state index contributed by atoms with van der Waals surface area (Å²) in [6, 6.07) is 0. The van der Waals surface area contributed by atoms with Crippen molar-refractivity contribution >= 4 is 11.9 Å². The van der Waals surface area contributed by atoms with Crippen molar-refractivity contribution in [2.75, 3.05) is 13.2 Å². The van der Waals surface area contributed by atoms with Crippen LogP contribution in [0.5, 0.6) is 0 Å². The highest BCUT2D eigenvalue weighted by Gasteiger charge is 2.14. The molecule has 1 aliphatic heterocycles. The van der Waals surface area contributed by atoms with Crippen LogP contribution in [0.25, 0.3) is 0 Å². The third kappa shape index (κ3) is 4.96. The lowest BCUT2D eigenvalue weighted by molar-refractivity contribution is -0.142. The van der Waals surface area contributed by atoms with Gasteiger partial charge in [-0.2, -0.15) is 0 Å². The van der Waals surface area contributed by atoms with Crippen LogP contribution in [0.3, 0.4) is 0 Å². The fourth-order valence-electron chi connectivity index (χ4n) is 1.44. The first-order valence-corrected chi connectivity index (χ1v) is 5.74. The molecule has 0 unspecified atom stereocenters. The molecule has 16 heavy (non-hydrogen) atoms. The quantitative estimate of drug-likeness (QED) is 0.492. The monoisotopic (exact) mass is 226 g/mol. The molecule has 90 valence electrons. The van der Waals surface area contributed by atoms with Crippen molar-refractivity contribution < 1.29 is 19.1 Å². The Hall–Kier alpha value is -1.32. The van der Waals surface area contributed by atoms with E-state index in [0.717, 1.165) is 31.3 Å². The molecule has 1 heterocycles. The summed E-state index contributed by atoms with van der Waals surface area (Å²) in [7, 11) is 0. The van der Waals surface area contributed by atoms with Crippen LogP contribution < -0.4 is 0 Å². The molecule has 0 radical (unpaired) electrons. The number of cyclic esters (lactones) is 1. The molecule has 0 bridgehead atoms. The van der Waals surface area contributed by atoms with E-state index in [0.29, 0.717) is 6.42 Å². The van der Waals surface area contributed by atoms with Crippen LogP contribution in [0.2, 0.25) is 0 Å². The second kappa shape index (κ2) is 7.04. The number of rotatable bonds is 7. The molecule has 0 aromatic rings. The molecule has 0 aromatic carbocycles. The van der Waals surface area contributed by atoms with E-state index in [1.807, 2.05) is 0 Å². The van der Waals surface area contributed by atoms with Gasteiger partial charge in [-0.3, -0.25) is 4.79 Å². The Balaban J connectivity index is 2.06. The summed E-state index contributed by atoms with van der Waals surface area (Å²) < 4.78 is 9.70. The Labute approximate surface area is 95.6 Å². The summed E-state index contributed by atoms with van der Waals surface area (Å²) in [5.41, 5.74) is 0.729. The fourth-order valence-corrected chi connectivity index (χ4v) is 1.44. The minimum Gasteiger partial charge on any atom is -0.461 e. The molecule has 0 amide bonds. The molecule has 1 aliphatic rings. The van der Waals surface area contributed by atoms with Crippen molar-refractivity contribution in [3.63, 3.8) is 0 Å². The molecule has 0 spiro atoms. The average molecular weight is 226 g/mol. The Morgan fingerprint density at radius 3 is 2.88 bits per heavy atom. The standard InChI is InChI=1S/C12H18O4/c1-2-3-4-5-6-11(13)15-8-10-7-12(14)16-9-10/h7H,2-6,8-9H2,1H3. The smallest absolute Gasteiger partial charge is 0.331 e. The van der Waals surface area contributed by atoms with Crippen LogP contribution in [0.1, 0.15) is 39.0 Å². The van der Waals surface area contributed by atoms with Gasteiger partial charge in [0.1, 0.15) is 13.2 Å². The first-order chi connectivity index (χ1) is 7.72. The van der Waals surface area contributed by atoms with Gasteiger partial charge in [0, 0.05) is 18.1 Å². The molecule has 0 saturated carbocycles. The molecule has 0 N–H and O–H groups in total. The minimum atomic E-state index is -0.353. The lowest BCUT2D eigenvalue weighted by Gasteiger charge is -2.04. The lowest BCUT2D eigenvalue weighted by atomic mass is 10.1. The van der Waals surface area contributed by atoms with E-state index in [1.165, 1.54) is 6.08 Å². The van der Waals surface area contributed by atoms with Crippen LogP contribution in [-0.2, 0) is 19.1 Å². The first-order valence-electron chi connectivity index (χ1n) is 5.74. The van der Waals surface area contributed by atoms with E-state index < -0.39 is 0 Å². The molecule has 1 rings (SSSR count). The Morgan fingerprint density at radius 1 is 1.44 bits per heavy atom.